The molecule has 0 atom stereocenters. The molecular formula is C12H12Cl2N2O2. The van der Waals surface area contributed by atoms with Gasteiger partial charge in [-0.15, -0.1) is 0 Å². The first-order valence-electron chi connectivity index (χ1n) is 5.55. The summed E-state index contributed by atoms with van der Waals surface area (Å²) in [5.74, 6) is 1.14. The summed E-state index contributed by atoms with van der Waals surface area (Å²) in [6.07, 6.45) is 1.75. The molecule has 0 saturated carbocycles. The molecule has 2 aromatic rings. The Morgan fingerprint density at radius 3 is 2.78 bits per heavy atom. The molecule has 1 heterocycles. The number of aromatic nitrogens is 2. The third kappa shape index (κ3) is 3.45. The molecule has 1 aromatic heterocycles. The average molecular weight is 287 g/mol. The Morgan fingerprint density at radius 2 is 2.06 bits per heavy atom. The van der Waals surface area contributed by atoms with Crippen LogP contribution in [0.15, 0.2) is 22.7 Å². The van der Waals surface area contributed by atoms with Gasteiger partial charge in [0.1, 0.15) is 0 Å². The third-order valence-electron chi connectivity index (χ3n) is 2.41. The number of halogens is 2. The summed E-state index contributed by atoms with van der Waals surface area (Å²) in [6.45, 7) is 0.116. The lowest BCUT2D eigenvalue weighted by Crippen LogP contribution is -1.93. The van der Waals surface area contributed by atoms with E-state index in [0.717, 1.165) is 5.56 Å². The zero-order chi connectivity index (χ0) is 13.0. The Bertz CT molecular complexity index is 529. The maximum Gasteiger partial charge on any atom is 0.226 e. The molecule has 0 bridgehead atoms. The molecule has 1 N–H and O–H groups in total. The van der Waals surface area contributed by atoms with Crippen LogP contribution < -0.4 is 0 Å². The van der Waals surface area contributed by atoms with Gasteiger partial charge in [-0.25, -0.2) is 0 Å². The fourth-order valence-corrected chi connectivity index (χ4v) is 1.85. The summed E-state index contributed by atoms with van der Waals surface area (Å²) in [6, 6.07) is 5.40. The summed E-state index contributed by atoms with van der Waals surface area (Å²) < 4.78 is 5.06. The van der Waals surface area contributed by atoms with Crippen LogP contribution in [-0.4, -0.2) is 21.9 Å². The largest absolute Gasteiger partial charge is 0.396 e. The molecule has 18 heavy (non-hydrogen) atoms. The van der Waals surface area contributed by atoms with Crippen molar-refractivity contribution in [2.75, 3.05) is 6.61 Å². The van der Waals surface area contributed by atoms with E-state index in [-0.39, 0.29) is 6.61 Å². The van der Waals surface area contributed by atoms with Gasteiger partial charge in [-0.05, 0) is 24.1 Å². The van der Waals surface area contributed by atoms with E-state index in [1.807, 2.05) is 6.07 Å². The number of hydrogen-bond acceptors (Lipinski definition) is 4. The van der Waals surface area contributed by atoms with Crippen molar-refractivity contribution in [1.82, 2.24) is 10.1 Å². The van der Waals surface area contributed by atoms with E-state index in [0.29, 0.717) is 41.0 Å². The molecule has 0 unspecified atom stereocenters. The molecule has 6 heteroatoms. The van der Waals surface area contributed by atoms with Crippen LogP contribution in [0.2, 0.25) is 10.0 Å². The summed E-state index contributed by atoms with van der Waals surface area (Å²) in [5, 5.41) is 13.6. The highest BCUT2D eigenvalue weighted by Crippen LogP contribution is 2.23. The van der Waals surface area contributed by atoms with E-state index in [9.17, 15) is 0 Å². The Labute approximate surface area is 115 Å². The Balaban J connectivity index is 2.04. The van der Waals surface area contributed by atoms with Crippen molar-refractivity contribution in [3.8, 4) is 0 Å². The van der Waals surface area contributed by atoms with Gasteiger partial charge in [-0.1, -0.05) is 34.4 Å². The lowest BCUT2D eigenvalue weighted by molar-refractivity contribution is 0.278. The molecule has 0 aliphatic carbocycles. The van der Waals surface area contributed by atoms with Crippen LogP contribution in [-0.2, 0) is 12.8 Å². The van der Waals surface area contributed by atoms with Crippen molar-refractivity contribution >= 4 is 23.2 Å². The number of aliphatic hydroxyl groups excluding tert-OH is 1. The molecule has 0 fully saturated rings. The van der Waals surface area contributed by atoms with Crippen molar-refractivity contribution in [3.63, 3.8) is 0 Å². The fraction of sp³-hybridized carbons (Fsp3) is 0.333. The minimum atomic E-state index is 0.116. The molecule has 1 aromatic carbocycles. The molecule has 0 aliphatic rings. The quantitative estimate of drug-likeness (QED) is 0.918. The molecule has 0 aliphatic heterocycles. The van der Waals surface area contributed by atoms with Gasteiger partial charge < -0.3 is 9.63 Å². The Morgan fingerprint density at radius 1 is 1.22 bits per heavy atom. The predicted octanol–water partition coefficient (Wildman–Crippen LogP) is 2.89. The minimum Gasteiger partial charge on any atom is -0.396 e. The second-order valence-corrected chi connectivity index (χ2v) is 4.67. The van der Waals surface area contributed by atoms with Crippen LogP contribution in [0.3, 0.4) is 0 Å². The fourth-order valence-electron chi connectivity index (χ4n) is 1.53. The number of aryl methyl sites for hydroxylation is 1. The van der Waals surface area contributed by atoms with Crippen LogP contribution in [0.1, 0.15) is 23.7 Å². The van der Waals surface area contributed by atoms with Gasteiger partial charge in [0, 0.05) is 19.4 Å². The topological polar surface area (TPSA) is 59.2 Å². The maximum atomic E-state index is 8.71. The van der Waals surface area contributed by atoms with Crippen LogP contribution in [0, 0.1) is 0 Å². The van der Waals surface area contributed by atoms with E-state index in [4.69, 9.17) is 32.8 Å². The van der Waals surface area contributed by atoms with Gasteiger partial charge in [-0.2, -0.15) is 4.98 Å². The van der Waals surface area contributed by atoms with Crippen LogP contribution in [0.5, 0.6) is 0 Å². The van der Waals surface area contributed by atoms with Gasteiger partial charge in [0.2, 0.25) is 5.89 Å². The van der Waals surface area contributed by atoms with Crippen molar-refractivity contribution in [2.24, 2.45) is 0 Å². The van der Waals surface area contributed by atoms with E-state index >= 15 is 0 Å². The van der Waals surface area contributed by atoms with Crippen LogP contribution >= 0.6 is 23.2 Å². The van der Waals surface area contributed by atoms with Crippen LogP contribution in [0.25, 0.3) is 0 Å². The molecule has 2 rings (SSSR count). The predicted molar refractivity (Wildman–Crippen MR) is 69.0 cm³/mol. The van der Waals surface area contributed by atoms with E-state index in [2.05, 4.69) is 10.1 Å². The van der Waals surface area contributed by atoms with Crippen molar-refractivity contribution in [3.05, 3.63) is 45.5 Å². The highest BCUT2D eigenvalue weighted by atomic mass is 35.5. The number of rotatable bonds is 5. The van der Waals surface area contributed by atoms with Gasteiger partial charge in [-0.3, -0.25) is 0 Å². The summed E-state index contributed by atoms with van der Waals surface area (Å²) in [4.78, 5) is 4.23. The molecule has 96 valence electrons. The minimum absolute atomic E-state index is 0.116. The molecule has 0 spiro atoms. The first-order chi connectivity index (χ1) is 8.69. The lowest BCUT2D eigenvalue weighted by atomic mass is 10.1. The van der Waals surface area contributed by atoms with Crippen LogP contribution in [0.4, 0.5) is 0 Å². The third-order valence-corrected chi connectivity index (χ3v) is 3.14. The highest BCUT2D eigenvalue weighted by Gasteiger charge is 2.08. The zero-order valence-corrected chi connectivity index (χ0v) is 11.1. The van der Waals surface area contributed by atoms with Gasteiger partial charge >= 0.3 is 0 Å². The smallest absolute Gasteiger partial charge is 0.226 e. The van der Waals surface area contributed by atoms with E-state index < -0.39 is 0 Å². The van der Waals surface area contributed by atoms with E-state index in [1.54, 1.807) is 12.1 Å². The Kier molecular flexibility index (Phi) is 4.58. The summed E-state index contributed by atoms with van der Waals surface area (Å²) in [5.41, 5.74) is 0.971. The first kappa shape index (κ1) is 13.3. The monoisotopic (exact) mass is 286 g/mol. The number of hydrogen-bond donors (Lipinski definition) is 1. The highest BCUT2D eigenvalue weighted by molar-refractivity contribution is 6.42. The maximum absolute atomic E-state index is 8.71. The summed E-state index contributed by atoms with van der Waals surface area (Å²) in [7, 11) is 0. The van der Waals surface area contributed by atoms with E-state index in [1.165, 1.54) is 0 Å². The average Bonchev–Trinajstić information content (AvgIpc) is 2.79. The normalized spacial score (nSPS) is 10.8. The number of nitrogens with zero attached hydrogens (tertiary/aromatic N) is 2. The van der Waals surface area contributed by atoms with Gasteiger partial charge in [0.15, 0.2) is 5.82 Å². The van der Waals surface area contributed by atoms with Crippen molar-refractivity contribution in [2.45, 2.75) is 19.3 Å². The lowest BCUT2D eigenvalue weighted by Gasteiger charge is -1.99. The molecule has 4 nitrogen and oxygen atoms in total. The SMILES string of the molecule is OCCCc1nc(Cc2ccc(Cl)c(Cl)c2)no1. The zero-order valence-electron chi connectivity index (χ0n) is 9.57. The molecule has 0 saturated heterocycles. The van der Waals surface area contributed by atoms with Crippen molar-refractivity contribution < 1.29 is 9.63 Å². The van der Waals surface area contributed by atoms with Gasteiger partial charge in [0.05, 0.1) is 10.0 Å². The molecule has 0 amide bonds. The number of benzene rings is 1. The van der Waals surface area contributed by atoms with Gasteiger partial charge in [0.25, 0.3) is 0 Å². The molecular weight excluding hydrogens is 275 g/mol. The Hall–Kier alpha value is -1.10. The summed E-state index contributed by atoms with van der Waals surface area (Å²) >= 11 is 11.8. The second-order valence-electron chi connectivity index (χ2n) is 3.86. The standard InChI is InChI=1S/C12H12Cl2N2O2/c13-9-4-3-8(6-10(9)14)7-11-15-12(18-16-11)2-1-5-17/h3-4,6,17H,1-2,5,7H2. The van der Waals surface area contributed by atoms with Crippen molar-refractivity contribution in [1.29, 1.82) is 0 Å². The first-order valence-corrected chi connectivity index (χ1v) is 6.31. The number of aliphatic hydroxyl groups is 1. The second kappa shape index (κ2) is 6.18. The molecule has 0 radical (unpaired) electrons.